The molecule has 0 aliphatic rings. The van der Waals surface area contributed by atoms with E-state index in [9.17, 15) is 4.79 Å². The van der Waals surface area contributed by atoms with Gasteiger partial charge in [0.25, 0.3) is 0 Å². The van der Waals surface area contributed by atoms with Gasteiger partial charge in [0.2, 0.25) is 11.7 Å². The smallest absolute Gasteiger partial charge is 0.373 e. The van der Waals surface area contributed by atoms with E-state index in [0.29, 0.717) is 23.7 Å². The van der Waals surface area contributed by atoms with Gasteiger partial charge < -0.3 is 14.1 Å². The number of imidazole rings is 1. The quantitative estimate of drug-likeness (QED) is 0.872. The molecule has 2 aromatic rings. The van der Waals surface area contributed by atoms with Crippen molar-refractivity contribution in [1.29, 1.82) is 0 Å². The molecule has 0 amide bonds. The minimum atomic E-state index is -1.09. The van der Waals surface area contributed by atoms with E-state index in [2.05, 4.69) is 9.97 Å². The zero-order chi connectivity index (χ0) is 12.4. The number of carboxylic acids is 1. The Bertz CT molecular complexity index is 542. The van der Waals surface area contributed by atoms with Gasteiger partial charge in [-0.15, -0.1) is 0 Å². The number of aryl methyl sites for hydroxylation is 2. The van der Waals surface area contributed by atoms with Gasteiger partial charge in [0.15, 0.2) is 0 Å². The summed E-state index contributed by atoms with van der Waals surface area (Å²) in [5.41, 5.74) is 1.14. The molecule has 0 bridgehead atoms. The van der Waals surface area contributed by atoms with E-state index in [4.69, 9.17) is 9.52 Å². The molecule has 0 aliphatic heterocycles. The van der Waals surface area contributed by atoms with Crippen molar-refractivity contribution in [2.45, 2.75) is 19.8 Å². The van der Waals surface area contributed by atoms with Crippen LogP contribution in [0.5, 0.6) is 0 Å². The van der Waals surface area contributed by atoms with Gasteiger partial charge in [-0.25, -0.2) is 14.8 Å². The Kier molecular flexibility index (Phi) is 2.95. The maximum absolute atomic E-state index is 11.0. The van der Waals surface area contributed by atoms with Gasteiger partial charge in [-0.05, 0) is 6.42 Å². The minimum absolute atomic E-state index is 0.0805. The van der Waals surface area contributed by atoms with Crippen molar-refractivity contribution in [3.63, 3.8) is 0 Å². The van der Waals surface area contributed by atoms with Crippen LogP contribution >= 0.6 is 0 Å². The molecule has 0 aromatic carbocycles. The third-order valence-corrected chi connectivity index (χ3v) is 2.41. The Balaban J connectivity index is 2.47. The summed E-state index contributed by atoms with van der Waals surface area (Å²) in [7, 11) is 1.80. The lowest BCUT2D eigenvalue weighted by atomic mass is 10.2. The number of carboxylic acid groups (broad SMARTS) is 1. The number of hydrogen-bond acceptors (Lipinski definition) is 4. The molecule has 17 heavy (non-hydrogen) atoms. The zero-order valence-corrected chi connectivity index (χ0v) is 9.67. The predicted octanol–water partition coefficient (Wildman–Crippen LogP) is 1.73. The molecule has 6 heteroatoms. The van der Waals surface area contributed by atoms with Crippen LogP contribution in [0.2, 0.25) is 0 Å². The predicted molar refractivity (Wildman–Crippen MR) is 59.7 cm³/mol. The first-order chi connectivity index (χ1) is 8.13. The Labute approximate surface area is 97.9 Å². The van der Waals surface area contributed by atoms with Gasteiger partial charge in [-0.1, -0.05) is 13.3 Å². The van der Waals surface area contributed by atoms with Crippen LogP contribution in [0.25, 0.3) is 11.6 Å². The van der Waals surface area contributed by atoms with Gasteiger partial charge in [-0.3, -0.25) is 0 Å². The fourth-order valence-electron chi connectivity index (χ4n) is 1.60. The Morgan fingerprint density at radius 1 is 1.59 bits per heavy atom. The standard InChI is InChI=1S/C11H13N3O3/c1-3-4-7-9(11(15)16)17-10(13-7)8-5-12-6-14(8)2/h5-6H,3-4H2,1-2H3,(H,15,16). The first-order valence-corrected chi connectivity index (χ1v) is 5.33. The molecule has 0 saturated heterocycles. The normalized spacial score (nSPS) is 10.7. The molecule has 2 aromatic heterocycles. The van der Waals surface area contributed by atoms with Crippen LogP contribution in [0.4, 0.5) is 0 Å². The summed E-state index contributed by atoms with van der Waals surface area (Å²) >= 11 is 0. The van der Waals surface area contributed by atoms with Crippen molar-refractivity contribution in [3.8, 4) is 11.6 Å². The number of carbonyl (C=O) groups is 1. The second kappa shape index (κ2) is 4.40. The lowest BCUT2D eigenvalue weighted by molar-refractivity contribution is 0.0661. The fraction of sp³-hybridized carbons (Fsp3) is 0.364. The van der Waals surface area contributed by atoms with Crippen LogP contribution in [0, 0.1) is 0 Å². The monoisotopic (exact) mass is 235 g/mol. The lowest BCUT2D eigenvalue weighted by Gasteiger charge is -1.94. The summed E-state index contributed by atoms with van der Waals surface area (Å²) in [6.45, 7) is 1.96. The van der Waals surface area contributed by atoms with Gasteiger partial charge in [0.1, 0.15) is 5.69 Å². The molecule has 0 fully saturated rings. The Hall–Kier alpha value is -2.11. The first-order valence-electron chi connectivity index (χ1n) is 5.33. The number of rotatable bonds is 4. The summed E-state index contributed by atoms with van der Waals surface area (Å²) in [6.07, 6.45) is 4.60. The van der Waals surface area contributed by atoms with Gasteiger partial charge in [-0.2, -0.15) is 0 Å². The largest absolute Gasteiger partial charge is 0.475 e. The van der Waals surface area contributed by atoms with Crippen molar-refractivity contribution in [1.82, 2.24) is 14.5 Å². The topological polar surface area (TPSA) is 81.2 Å². The molecule has 2 heterocycles. The molecule has 0 spiro atoms. The second-order valence-corrected chi connectivity index (χ2v) is 3.74. The van der Waals surface area contributed by atoms with Crippen LogP contribution in [0.15, 0.2) is 16.9 Å². The molecule has 6 nitrogen and oxygen atoms in total. The highest BCUT2D eigenvalue weighted by molar-refractivity contribution is 5.86. The minimum Gasteiger partial charge on any atom is -0.475 e. The van der Waals surface area contributed by atoms with Crippen molar-refractivity contribution >= 4 is 5.97 Å². The van der Waals surface area contributed by atoms with Crippen molar-refractivity contribution < 1.29 is 14.3 Å². The number of nitrogens with zero attached hydrogens (tertiary/aromatic N) is 3. The molecular formula is C11H13N3O3. The zero-order valence-electron chi connectivity index (χ0n) is 9.67. The van der Waals surface area contributed by atoms with E-state index in [0.717, 1.165) is 6.42 Å². The van der Waals surface area contributed by atoms with Gasteiger partial charge >= 0.3 is 5.97 Å². The van der Waals surface area contributed by atoms with Crippen molar-refractivity contribution in [3.05, 3.63) is 24.0 Å². The maximum Gasteiger partial charge on any atom is 0.373 e. The molecule has 0 unspecified atom stereocenters. The van der Waals surface area contributed by atoms with Crippen molar-refractivity contribution in [2.24, 2.45) is 7.05 Å². The van der Waals surface area contributed by atoms with Crippen LogP contribution < -0.4 is 0 Å². The molecule has 2 rings (SSSR count). The van der Waals surface area contributed by atoms with Crippen LogP contribution in [0.3, 0.4) is 0 Å². The summed E-state index contributed by atoms with van der Waals surface area (Å²) in [5.74, 6) is -0.872. The average molecular weight is 235 g/mol. The Morgan fingerprint density at radius 2 is 2.35 bits per heavy atom. The number of aromatic carboxylic acids is 1. The number of hydrogen-bond donors (Lipinski definition) is 1. The van der Waals surface area contributed by atoms with E-state index in [-0.39, 0.29) is 5.76 Å². The highest BCUT2D eigenvalue weighted by Crippen LogP contribution is 2.22. The van der Waals surface area contributed by atoms with Crippen molar-refractivity contribution in [2.75, 3.05) is 0 Å². The maximum atomic E-state index is 11.0. The fourth-order valence-corrected chi connectivity index (χ4v) is 1.60. The highest BCUT2D eigenvalue weighted by Gasteiger charge is 2.20. The Morgan fingerprint density at radius 3 is 2.88 bits per heavy atom. The van der Waals surface area contributed by atoms with Crippen LogP contribution in [-0.4, -0.2) is 25.6 Å². The molecule has 90 valence electrons. The van der Waals surface area contributed by atoms with E-state index in [1.165, 1.54) is 0 Å². The SMILES string of the molecule is CCCc1nc(-c2cncn2C)oc1C(=O)O. The van der Waals surface area contributed by atoms with E-state index < -0.39 is 5.97 Å². The molecular weight excluding hydrogens is 222 g/mol. The number of oxazole rings is 1. The van der Waals surface area contributed by atoms with E-state index in [1.54, 1.807) is 24.1 Å². The second-order valence-electron chi connectivity index (χ2n) is 3.74. The third kappa shape index (κ3) is 2.06. The summed E-state index contributed by atoms with van der Waals surface area (Å²) in [4.78, 5) is 19.2. The third-order valence-electron chi connectivity index (χ3n) is 2.41. The molecule has 0 aliphatic carbocycles. The summed E-state index contributed by atoms with van der Waals surface area (Å²) in [5, 5.41) is 9.02. The average Bonchev–Trinajstić information content (AvgIpc) is 2.84. The summed E-state index contributed by atoms with van der Waals surface area (Å²) < 4.78 is 7.01. The van der Waals surface area contributed by atoms with Gasteiger partial charge in [0.05, 0.1) is 18.2 Å². The van der Waals surface area contributed by atoms with E-state index in [1.807, 2.05) is 6.92 Å². The van der Waals surface area contributed by atoms with Crippen LogP contribution in [0.1, 0.15) is 29.6 Å². The molecule has 0 radical (unpaired) electrons. The first kappa shape index (κ1) is 11.4. The van der Waals surface area contributed by atoms with E-state index >= 15 is 0 Å². The molecule has 0 atom stereocenters. The van der Waals surface area contributed by atoms with Gasteiger partial charge in [0, 0.05) is 7.05 Å². The molecule has 1 N–H and O–H groups in total. The van der Waals surface area contributed by atoms with Crippen LogP contribution in [-0.2, 0) is 13.5 Å². The highest BCUT2D eigenvalue weighted by atomic mass is 16.4. The molecule has 0 saturated carbocycles. The summed E-state index contributed by atoms with van der Waals surface area (Å²) in [6, 6.07) is 0. The lowest BCUT2D eigenvalue weighted by Crippen LogP contribution is -1.99. The number of aromatic nitrogens is 3.